The molecule has 0 radical (unpaired) electrons. The van der Waals surface area contributed by atoms with E-state index in [1.807, 2.05) is 19.9 Å². The van der Waals surface area contributed by atoms with Crippen LogP contribution in [0.1, 0.15) is 32.2 Å². The van der Waals surface area contributed by atoms with Gasteiger partial charge in [-0.25, -0.2) is 4.68 Å². The number of nitrogens with zero attached hydrogens (tertiary/aromatic N) is 3. The molecule has 0 spiro atoms. The third kappa shape index (κ3) is 2.89. The molecule has 0 aliphatic heterocycles. The van der Waals surface area contributed by atoms with Crippen LogP contribution in [0.15, 0.2) is 24.3 Å². The van der Waals surface area contributed by atoms with Crippen LogP contribution >= 0.6 is 0 Å². The van der Waals surface area contributed by atoms with E-state index >= 15 is 0 Å². The highest BCUT2D eigenvalue weighted by Gasteiger charge is 2.24. The largest absolute Gasteiger partial charge is 0.487 e. The highest BCUT2D eigenvalue weighted by molar-refractivity contribution is 5.61. The van der Waals surface area contributed by atoms with Crippen LogP contribution in [-0.2, 0) is 12.8 Å². The van der Waals surface area contributed by atoms with Crippen molar-refractivity contribution >= 4 is 5.69 Å². The maximum Gasteiger partial charge on any atom is 0.336 e. The van der Waals surface area contributed by atoms with Crippen LogP contribution < -0.4 is 4.74 Å². The van der Waals surface area contributed by atoms with Crippen LogP contribution in [0.25, 0.3) is 5.69 Å². The molecule has 0 amide bonds. The van der Waals surface area contributed by atoms with E-state index in [1.165, 1.54) is 0 Å². The van der Waals surface area contributed by atoms with E-state index in [0.717, 1.165) is 24.2 Å². The molecule has 0 saturated carbocycles. The summed E-state index contributed by atoms with van der Waals surface area (Å²) in [6.07, 6.45) is 1.54. The van der Waals surface area contributed by atoms with Gasteiger partial charge in [0.1, 0.15) is 5.69 Å². The fourth-order valence-corrected chi connectivity index (χ4v) is 2.25. The van der Waals surface area contributed by atoms with Gasteiger partial charge in [0, 0.05) is 5.69 Å². The smallest absolute Gasteiger partial charge is 0.336 e. The van der Waals surface area contributed by atoms with Gasteiger partial charge in [-0.1, -0.05) is 19.9 Å². The Balaban J connectivity index is 2.65. The third-order valence-corrected chi connectivity index (χ3v) is 3.25. The molecule has 1 aromatic carbocycles. The number of nitro groups is 1. The van der Waals surface area contributed by atoms with Crippen LogP contribution in [0.5, 0.6) is 5.75 Å². The van der Waals surface area contributed by atoms with Crippen molar-refractivity contribution in [3.05, 3.63) is 45.8 Å². The quantitative estimate of drug-likeness (QED) is 0.604. The fourth-order valence-electron chi connectivity index (χ4n) is 2.25. The Morgan fingerprint density at radius 2 is 2.05 bits per heavy atom. The minimum Gasteiger partial charge on any atom is -0.487 e. The molecule has 6 nitrogen and oxygen atoms in total. The fraction of sp³-hybridized carbons (Fsp3) is 0.400. The summed E-state index contributed by atoms with van der Waals surface area (Å²) < 4.78 is 7.04. The lowest BCUT2D eigenvalue weighted by molar-refractivity contribution is -0.385. The Morgan fingerprint density at radius 3 is 2.62 bits per heavy atom. The van der Waals surface area contributed by atoms with Gasteiger partial charge in [0.15, 0.2) is 5.75 Å². The summed E-state index contributed by atoms with van der Waals surface area (Å²) in [5, 5.41) is 15.9. The number of nitro benzene ring substituents is 1. The molecule has 1 aromatic heterocycles. The first-order valence-corrected chi connectivity index (χ1v) is 7.10. The Morgan fingerprint density at radius 1 is 1.29 bits per heavy atom. The number of para-hydroxylation sites is 1. The van der Waals surface area contributed by atoms with Crippen molar-refractivity contribution in [3.8, 4) is 11.4 Å². The number of hydrogen-bond acceptors (Lipinski definition) is 4. The molecule has 0 aliphatic rings. The second-order valence-corrected chi connectivity index (χ2v) is 4.56. The molecule has 0 N–H and O–H groups in total. The van der Waals surface area contributed by atoms with Gasteiger partial charge in [-0.2, -0.15) is 5.10 Å². The summed E-state index contributed by atoms with van der Waals surface area (Å²) in [4.78, 5) is 11.0. The van der Waals surface area contributed by atoms with Gasteiger partial charge in [0.2, 0.25) is 0 Å². The Kier molecular flexibility index (Phi) is 4.57. The molecule has 0 unspecified atom stereocenters. The van der Waals surface area contributed by atoms with Crippen LogP contribution in [0.4, 0.5) is 5.69 Å². The minimum atomic E-state index is -0.410. The molecule has 0 atom stereocenters. The standard InChI is InChI=1S/C15H19N3O3/c1-4-11-10-12(5-2)17(16-11)13-8-7-9-14(21-6-3)15(13)18(19)20/h7-10H,4-6H2,1-3H3. The molecular formula is C15H19N3O3. The topological polar surface area (TPSA) is 70.2 Å². The zero-order valence-electron chi connectivity index (χ0n) is 12.5. The first-order chi connectivity index (χ1) is 10.1. The summed E-state index contributed by atoms with van der Waals surface area (Å²) >= 11 is 0. The molecule has 1 heterocycles. The van der Waals surface area contributed by atoms with E-state index in [9.17, 15) is 10.1 Å². The Labute approximate surface area is 123 Å². The first-order valence-electron chi connectivity index (χ1n) is 7.10. The number of aryl methyl sites for hydroxylation is 2. The van der Waals surface area contributed by atoms with Gasteiger partial charge >= 0.3 is 5.69 Å². The number of ether oxygens (including phenoxy) is 1. The Bertz CT molecular complexity index is 650. The third-order valence-electron chi connectivity index (χ3n) is 3.25. The van der Waals surface area contributed by atoms with Gasteiger partial charge in [-0.3, -0.25) is 10.1 Å². The van der Waals surface area contributed by atoms with Crippen molar-refractivity contribution in [1.82, 2.24) is 9.78 Å². The van der Waals surface area contributed by atoms with Crippen molar-refractivity contribution in [2.24, 2.45) is 0 Å². The predicted molar refractivity (Wildman–Crippen MR) is 80.1 cm³/mol. The monoisotopic (exact) mass is 289 g/mol. The van der Waals surface area contributed by atoms with Crippen LogP contribution in [0.2, 0.25) is 0 Å². The second kappa shape index (κ2) is 6.39. The summed E-state index contributed by atoms with van der Waals surface area (Å²) in [6, 6.07) is 7.05. The maximum absolute atomic E-state index is 11.5. The van der Waals surface area contributed by atoms with E-state index < -0.39 is 4.92 Å². The van der Waals surface area contributed by atoms with Crippen LogP contribution in [0, 0.1) is 10.1 Å². The van der Waals surface area contributed by atoms with Crippen molar-refractivity contribution in [1.29, 1.82) is 0 Å². The zero-order valence-corrected chi connectivity index (χ0v) is 12.5. The zero-order chi connectivity index (χ0) is 15.4. The summed E-state index contributed by atoms with van der Waals surface area (Å²) in [5.74, 6) is 0.274. The molecule has 2 aromatic rings. The number of benzene rings is 1. The number of rotatable bonds is 6. The molecule has 6 heteroatoms. The minimum absolute atomic E-state index is 0.0418. The van der Waals surface area contributed by atoms with Gasteiger partial charge in [0.05, 0.1) is 17.2 Å². The lowest BCUT2D eigenvalue weighted by Crippen LogP contribution is -2.07. The van der Waals surface area contributed by atoms with Crippen molar-refractivity contribution in [3.63, 3.8) is 0 Å². The van der Waals surface area contributed by atoms with Gasteiger partial charge in [-0.15, -0.1) is 0 Å². The van der Waals surface area contributed by atoms with E-state index in [0.29, 0.717) is 12.3 Å². The Hall–Kier alpha value is -2.37. The van der Waals surface area contributed by atoms with Gasteiger partial charge in [-0.05, 0) is 38.0 Å². The van der Waals surface area contributed by atoms with Crippen molar-refractivity contribution < 1.29 is 9.66 Å². The van der Waals surface area contributed by atoms with E-state index in [4.69, 9.17) is 4.74 Å². The van der Waals surface area contributed by atoms with Crippen LogP contribution in [-0.4, -0.2) is 21.3 Å². The van der Waals surface area contributed by atoms with Crippen LogP contribution in [0.3, 0.4) is 0 Å². The van der Waals surface area contributed by atoms with E-state index in [-0.39, 0.29) is 11.4 Å². The lowest BCUT2D eigenvalue weighted by Gasteiger charge is -2.10. The van der Waals surface area contributed by atoms with E-state index in [2.05, 4.69) is 5.10 Å². The summed E-state index contributed by atoms with van der Waals surface area (Å²) in [6.45, 7) is 6.20. The summed E-state index contributed by atoms with van der Waals surface area (Å²) in [5.41, 5.74) is 2.27. The molecule has 21 heavy (non-hydrogen) atoms. The maximum atomic E-state index is 11.5. The summed E-state index contributed by atoms with van der Waals surface area (Å²) in [7, 11) is 0. The number of hydrogen-bond donors (Lipinski definition) is 0. The molecule has 0 bridgehead atoms. The SMILES string of the molecule is CCOc1cccc(-n2nc(CC)cc2CC)c1[N+](=O)[O-]. The average Bonchev–Trinajstić information content (AvgIpc) is 2.90. The molecule has 0 fully saturated rings. The van der Waals surface area contributed by atoms with Crippen molar-refractivity contribution in [2.75, 3.05) is 6.61 Å². The molecular weight excluding hydrogens is 270 g/mol. The normalized spacial score (nSPS) is 10.6. The lowest BCUT2D eigenvalue weighted by atomic mass is 10.2. The molecule has 112 valence electrons. The number of aromatic nitrogens is 2. The second-order valence-electron chi connectivity index (χ2n) is 4.56. The highest BCUT2D eigenvalue weighted by Crippen LogP contribution is 2.34. The molecule has 2 rings (SSSR count). The predicted octanol–water partition coefficient (Wildman–Crippen LogP) is 3.30. The van der Waals surface area contributed by atoms with E-state index in [1.54, 1.807) is 29.8 Å². The van der Waals surface area contributed by atoms with Crippen molar-refractivity contribution in [2.45, 2.75) is 33.6 Å². The average molecular weight is 289 g/mol. The molecule has 0 aliphatic carbocycles. The molecule has 0 saturated heterocycles. The highest BCUT2D eigenvalue weighted by atomic mass is 16.6. The first kappa shape index (κ1) is 15.0. The van der Waals surface area contributed by atoms with Gasteiger partial charge < -0.3 is 4.74 Å². The van der Waals surface area contributed by atoms with Gasteiger partial charge in [0.25, 0.3) is 0 Å².